The number of pyridine rings is 1. The van der Waals surface area contributed by atoms with E-state index >= 15 is 0 Å². The predicted octanol–water partition coefficient (Wildman–Crippen LogP) is -2.44. The topological polar surface area (TPSA) is 200 Å². The molecule has 23 heavy (non-hydrogen) atoms. The fourth-order valence-corrected chi connectivity index (χ4v) is 1.65. The molecule has 0 radical (unpaired) electrons. The average molecular weight is 352 g/mol. The molecule has 1 amide bonds. The molecule has 0 saturated carbocycles. The Morgan fingerprint density at radius 2 is 2.04 bits per heavy atom. The lowest BCUT2D eigenvalue weighted by atomic mass is 10.1. The van der Waals surface area contributed by atoms with Crippen LogP contribution in [0.1, 0.15) is 10.4 Å². The normalized spacial score (nSPS) is 14.8. The number of primary amides is 1. The Labute approximate surface area is 130 Å². The van der Waals surface area contributed by atoms with E-state index in [2.05, 4.69) is 9.51 Å². The van der Waals surface area contributed by atoms with Gasteiger partial charge in [0.15, 0.2) is 12.4 Å². The number of carbonyl (C=O) groups excluding carboxylic acids is 2. The zero-order valence-corrected chi connectivity index (χ0v) is 12.6. The highest BCUT2D eigenvalue weighted by molar-refractivity contribution is 7.46. The van der Waals surface area contributed by atoms with Crippen LogP contribution in [-0.2, 0) is 13.9 Å². The van der Waals surface area contributed by atoms with Gasteiger partial charge in [-0.2, -0.15) is 0 Å². The SMILES string of the molecule is NC(=O)c1cccnc1.O=C[C@H](OP(=O)(O)O)[C@H](O)[C@H](O)CO. The molecule has 1 aromatic heterocycles. The first-order valence-electron chi connectivity index (χ1n) is 5.98. The van der Waals surface area contributed by atoms with Crippen LogP contribution in [0.2, 0.25) is 0 Å². The fourth-order valence-electron chi connectivity index (χ4n) is 1.16. The quantitative estimate of drug-likeness (QED) is 0.226. The molecule has 1 heterocycles. The van der Waals surface area contributed by atoms with Crippen LogP contribution in [0.15, 0.2) is 24.5 Å². The van der Waals surface area contributed by atoms with Crippen molar-refractivity contribution in [3.05, 3.63) is 30.1 Å². The largest absolute Gasteiger partial charge is 0.470 e. The number of phosphoric acid groups is 1. The standard InChI is InChI=1S/C6H6N2O.C5H11O8P/c7-6(9)5-2-1-3-8-4-5;6-1-3(8)5(9)4(2-7)13-14(10,11)12/h1-4H,(H2,7,9);2-6,8-9H,1H2,(H2,10,11,12)/t;3-,4+,5-/m.1/s1. The monoisotopic (exact) mass is 352 g/mol. The van der Waals surface area contributed by atoms with Crippen molar-refractivity contribution in [3.8, 4) is 0 Å². The first-order valence-corrected chi connectivity index (χ1v) is 7.51. The number of aliphatic hydroxyl groups excluding tert-OH is 3. The van der Waals surface area contributed by atoms with Crippen molar-refractivity contribution in [1.29, 1.82) is 0 Å². The van der Waals surface area contributed by atoms with Gasteiger partial charge in [0.25, 0.3) is 0 Å². The molecule has 0 aliphatic heterocycles. The number of aliphatic hydroxyl groups is 3. The predicted molar refractivity (Wildman–Crippen MR) is 74.8 cm³/mol. The van der Waals surface area contributed by atoms with Crippen molar-refractivity contribution in [2.45, 2.75) is 18.3 Å². The zero-order valence-electron chi connectivity index (χ0n) is 11.7. The van der Waals surface area contributed by atoms with Crippen LogP contribution in [0, 0.1) is 0 Å². The Morgan fingerprint density at radius 3 is 2.35 bits per heavy atom. The second-order valence-corrected chi connectivity index (χ2v) is 5.24. The van der Waals surface area contributed by atoms with Crippen LogP contribution in [0.5, 0.6) is 0 Å². The molecule has 3 atom stereocenters. The molecule has 0 spiro atoms. The molecule has 11 nitrogen and oxygen atoms in total. The van der Waals surface area contributed by atoms with Gasteiger partial charge < -0.3 is 35.6 Å². The molecule has 12 heteroatoms. The highest BCUT2D eigenvalue weighted by Crippen LogP contribution is 2.38. The minimum Gasteiger partial charge on any atom is -0.394 e. The van der Waals surface area contributed by atoms with Crippen LogP contribution in [0.25, 0.3) is 0 Å². The number of aldehydes is 1. The summed E-state index contributed by atoms with van der Waals surface area (Å²) in [5.41, 5.74) is 5.38. The maximum absolute atomic E-state index is 10.4. The van der Waals surface area contributed by atoms with Gasteiger partial charge in [0.2, 0.25) is 5.91 Å². The Morgan fingerprint density at radius 1 is 1.43 bits per heavy atom. The average Bonchev–Trinajstić information content (AvgIpc) is 2.51. The molecular formula is C11H17N2O9P. The Bertz CT molecular complexity index is 536. The highest BCUT2D eigenvalue weighted by Gasteiger charge is 2.32. The van der Waals surface area contributed by atoms with Crippen LogP contribution >= 0.6 is 7.82 Å². The number of amides is 1. The summed E-state index contributed by atoms with van der Waals surface area (Å²) in [7, 11) is -4.93. The number of hydrogen-bond acceptors (Lipinski definition) is 8. The molecule has 130 valence electrons. The summed E-state index contributed by atoms with van der Waals surface area (Å²) < 4.78 is 14.1. The second-order valence-electron chi connectivity index (χ2n) is 4.04. The number of aromatic nitrogens is 1. The Balaban J connectivity index is 0.000000459. The number of nitrogens with two attached hydrogens (primary N) is 1. The van der Waals surface area contributed by atoms with Gasteiger partial charge in [0.05, 0.1) is 12.2 Å². The van der Waals surface area contributed by atoms with E-state index in [4.69, 9.17) is 30.8 Å². The summed E-state index contributed by atoms with van der Waals surface area (Å²) in [6.45, 7) is -0.865. The van der Waals surface area contributed by atoms with E-state index in [0.29, 0.717) is 5.56 Å². The van der Waals surface area contributed by atoms with Gasteiger partial charge in [-0.05, 0) is 12.1 Å². The number of rotatable bonds is 7. The molecule has 1 aromatic rings. The van der Waals surface area contributed by atoms with E-state index in [-0.39, 0.29) is 6.29 Å². The van der Waals surface area contributed by atoms with E-state index in [1.54, 1.807) is 18.3 Å². The van der Waals surface area contributed by atoms with Crippen molar-refractivity contribution in [2.75, 3.05) is 6.61 Å². The van der Waals surface area contributed by atoms with Crippen molar-refractivity contribution in [1.82, 2.24) is 4.98 Å². The maximum Gasteiger partial charge on any atom is 0.470 e. The first kappa shape index (κ1) is 21.3. The summed E-state index contributed by atoms with van der Waals surface area (Å²) >= 11 is 0. The number of hydrogen-bond donors (Lipinski definition) is 6. The molecule has 7 N–H and O–H groups in total. The van der Waals surface area contributed by atoms with Crippen LogP contribution in [0.4, 0.5) is 0 Å². The lowest BCUT2D eigenvalue weighted by molar-refractivity contribution is -0.126. The van der Waals surface area contributed by atoms with Gasteiger partial charge in [-0.15, -0.1) is 0 Å². The molecule has 0 aliphatic carbocycles. The molecule has 0 unspecified atom stereocenters. The van der Waals surface area contributed by atoms with Gasteiger partial charge in [0, 0.05) is 12.4 Å². The highest BCUT2D eigenvalue weighted by atomic mass is 31.2. The third-order valence-electron chi connectivity index (χ3n) is 2.26. The van der Waals surface area contributed by atoms with Gasteiger partial charge in [-0.25, -0.2) is 4.57 Å². The van der Waals surface area contributed by atoms with Crippen molar-refractivity contribution in [2.24, 2.45) is 5.73 Å². The van der Waals surface area contributed by atoms with E-state index in [9.17, 15) is 14.2 Å². The van der Waals surface area contributed by atoms with Crippen LogP contribution < -0.4 is 5.73 Å². The van der Waals surface area contributed by atoms with Crippen molar-refractivity contribution < 1.29 is 43.8 Å². The number of carbonyl (C=O) groups is 2. The molecule has 0 aliphatic rings. The third-order valence-corrected chi connectivity index (χ3v) is 2.78. The minimum atomic E-state index is -4.93. The van der Waals surface area contributed by atoms with Gasteiger partial charge >= 0.3 is 7.82 Å². The molecule has 0 bridgehead atoms. The van der Waals surface area contributed by atoms with E-state index in [1.165, 1.54) is 6.20 Å². The third kappa shape index (κ3) is 9.11. The lowest BCUT2D eigenvalue weighted by Gasteiger charge is -2.21. The Kier molecular flexibility index (Phi) is 9.37. The number of nitrogens with zero attached hydrogens (tertiary/aromatic N) is 1. The number of phosphoric ester groups is 1. The summed E-state index contributed by atoms with van der Waals surface area (Å²) in [4.78, 5) is 40.9. The van der Waals surface area contributed by atoms with Crippen LogP contribution in [0.3, 0.4) is 0 Å². The minimum absolute atomic E-state index is 0.0807. The molecule has 1 rings (SSSR count). The molecule has 0 fully saturated rings. The molecular weight excluding hydrogens is 335 g/mol. The maximum atomic E-state index is 10.4. The summed E-state index contributed by atoms with van der Waals surface area (Å²) in [5.74, 6) is -0.442. The van der Waals surface area contributed by atoms with Gasteiger partial charge in [0.1, 0.15) is 12.2 Å². The summed E-state index contributed by atoms with van der Waals surface area (Å²) in [6, 6.07) is 3.29. The van der Waals surface area contributed by atoms with Gasteiger partial charge in [-0.3, -0.25) is 14.3 Å². The zero-order chi connectivity index (χ0) is 18.0. The molecule has 0 saturated heterocycles. The van der Waals surface area contributed by atoms with E-state index in [1.807, 2.05) is 0 Å². The fraction of sp³-hybridized carbons (Fsp3) is 0.364. The lowest BCUT2D eigenvalue weighted by Crippen LogP contribution is -2.41. The van der Waals surface area contributed by atoms with Crippen LogP contribution in [-0.4, -0.2) is 67.2 Å². The van der Waals surface area contributed by atoms with E-state index in [0.717, 1.165) is 0 Å². The van der Waals surface area contributed by atoms with Gasteiger partial charge in [-0.1, -0.05) is 0 Å². The Hall–Kier alpha value is -1.72. The smallest absolute Gasteiger partial charge is 0.394 e. The van der Waals surface area contributed by atoms with E-state index < -0.39 is 38.6 Å². The van der Waals surface area contributed by atoms with Crippen molar-refractivity contribution in [3.63, 3.8) is 0 Å². The van der Waals surface area contributed by atoms with Crippen molar-refractivity contribution >= 4 is 20.0 Å². The molecule has 0 aromatic carbocycles. The second kappa shape index (κ2) is 10.1. The summed E-state index contributed by atoms with van der Waals surface area (Å²) in [5, 5.41) is 26.2. The first-order chi connectivity index (χ1) is 10.6. The summed E-state index contributed by atoms with van der Waals surface area (Å²) in [6.07, 6.45) is -2.56.